The average molecular weight is 741 g/mol. The van der Waals surface area contributed by atoms with Gasteiger partial charge < -0.3 is 4.57 Å². The highest BCUT2D eigenvalue weighted by atomic mass is 15.2. The molecule has 0 radical (unpaired) electrons. The zero-order chi connectivity index (χ0) is 38.2. The molecule has 0 aliphatic rings. The van der Waals surface area contributed by atoms with Gasteiger partial charge >= 0.3 is 0 Å². The molecular formula is C52H32N6. The van der Waals surface area contributed by atoms with E-state index >= 15 is 0 Å². The maximum Gasteiger partial charge on any atom is 0.238 e. The van der Waals surface area contributed by atoms with Crippen LogP contribution in [0, 0.1) is 0 Å². The Morgan fingerprint density at radius 2 is 0.931 bits per heavy atom. The molecule has 4 heterocycles. The Morgan fingerprint density at radius 3 is 1.62 bits per heavy atom. The fourth-order valence-corrected chi connectivity index (χ4v) is 8.81. The van der Waals surface area contributed by atoms with Gasteiger partial charge in [0.1, 0.15) is 0 Å². The molecule has 12 aromatic rings. The number of rotatable bonds is 5. The number of hydrogen-bond acceptors (Lipinski definition) is 4. The van der Waals surface area contributed by atoms with Crippen LogP contribution in [0.2, 0.25) is 0 Å². The van der Waals surface area contributed by atoms with Crippen LogP contribution in [0.1, 0.15) is 0 Å². The van der Waals surface area contributed by atoms with Crippen LogP contribution in [-0.4, -0.2) is 29.1 Å². The zero-order valence-electron chi connectivity index (χ0n) is 31.2. The fourth-order valence-electron chi connectivity index (χ4n) is 8.81. The lowest BCUT2D eigenvalue weighted by molar-refractivity contribution is 0.953. The number of fused-ring (bicyclic) bond motifs is 9. The van der Waals surface area contributed by atoms with Gasteiger partial charge in [-0.2, -0.15) is 9.97 Å². The first-order chi connectivity index (χ1) is 28.8. The number of pyridine rings is 1. The predicted octanol–water partition coefficient (Wildman–Crippen LogP) is 12.8. The molecule has 0 bridgehead atoms. The quantitative estimate of drug-likeness (QED) is 0.165. The molecule has 8 aromatic carbocycles. The largest absolute Gasteiger partial charge is 0.309 e. The van der Waals surface area contributed by atoms with Crippen molar-refractivity contribution in [3.8, 4) is 45.5 Å². The Hall–Kier alpha value is -7.96. The summed E-state index contributed by atoms with van der Waals surface area (Å²) in [5.41, 5.74) is 9.73. The van der Waals surface area contributed by atoms with Crippen molar-refractivity contribution in [2.75, 3.05) is 0 Å². The fraction of sp³-hybridized carbons (Fsp3) is 0. The molecule has 0 amide bonds. The number of benzene rings is 8. The first kappa shape index (κ1) is 32.3. The molecule has 0 unspecified atom stereocenters. The second kappa shape index (κ2) is 12.8. The SMILES string of the molecule is c1ccc(-c2nc(-c3ccccc3)nc(-n3c4ccccc4c4cc(-c5cc6cc7c8ccccc8n(-c8ccccc8)c7cc6c6cnccc56)ccc43)n2)cc1. The van der Waals surface area contributed by atoms with Crippen LogP contribution in [0.5, 0.6) is 0 Å². The average Bonchev–Trinajstić information content (AvgIpc) is 3.81. The normalized spacial score (nSPS) is 11.8. The highest BCUT2D eigenvalue weighted by Crippen LogP contribution is 2.42. The van der Waals surface area contributed by atoms with Crippen LogP contribution in [0.25, 0.3) is 111 Å². The maximum atomic E-state index is 5.13. The van der Waals surface area contributed by atoms with Crippen molar-refractivity contribution < 1.29 is 0 Å². The lowest BCUT2D eigenvalue weighted by Crippen LogP contribution is -2.06. The van der Waals surface area contributed by atoms with Gasteiger partial charge in [0.05, 0.1) is 22.1 Å². The third kappa shape index (κ3) is 4.98. The van der Waals surface area contributed by atoms with Gasteiger partial charge in [0.2, 0.25) is 5.95 Å². The van der Waals surface area contributed by atoms with Crippen molar-refractivity contribution in [1.29, 1.82) is 0 Å². The van der Waals surface area contributed by atoms with E-state index in [2.05, 4.69) is 135 Å². The van der Waals surface area contributed by atoms with E-state index < -0.39 is 0 Å². The highest BCUT2D eigenvalue weighted by molar-refractivity contribution is 6.21. The van der Waals surface area contributed by atoms with E-state index in [0.29, 0.717) is 17.6 Å². The van der Waals surface area contributed by atoms with E-state index in [1.165, 1.54) is 32.6 Å². The zero-order valence-corrected chi connectivity index (χ0v) is 31.2. The van der Waals surface area contributed by atoms with Crippen molar-refractivity contribution in [3.63, 3.8) is 0 Å². The summed E-state index contributed by atoms with van der Waals surface area (Å²) in [6, 6.07) is 64.1. The van der Waals surface area contributed by atoms with Gasteiger partial charge in [-0.25, -0.2) is 4.98 Å². The van der Waals surface area contributed by atoms with Crippen molar-refractivity contribution in [3.05, 3.63) is 194 Å². The first-order valence-electron chi connectivity index (χ1n) is 19.5. The number of aromatic nitrogens is 6. The molecule has 6 heteroatoms. The van der Waals surface area contributed by atoms with E-state index in [0.717, 1.165) is 60.5 Å². The molecule has 0 saturated heterocycles. The Kier molecular flexibility index (Phi) is 7.13. The Labute approximate surface area is 333 Å². The van der Waals surface area contributed by atoms with Crippen molar-refractivity contribution in [1.82, 2.24) is 29.1 Å². The van der Waals surface area contributed by atoms with E-state index in [-0.39, 0.29) is 0 Å². The molecule has 0 aliphatic carbocycles. The molecule has 58 heavy (non-hydrogen) atoms. The monoisotopic (exact) mass is 740 g/mol. The summed E-state index contributed by atoms with van der Waals surface area (Å²) in [6.07, 6.45) is 3.92. The van der Waals surface area contributed by atoms with Gasteiger partial charge in [-0.3, -0.25) is 9.55 Å². The summed E-state index contributed by atoms with van der Waals surface area (Å²) in [4.78, 5) is 19.9. The van der Waals surface area contributed by atoms with Crippen LogP contribution < -0.4 is 0 Å². The number of hydrogen-bond donors (Lipinski definition) is 0. The summed E-state index contributed by atoms with van der Waals surface area (Å²) in [5.74, 6) is 1.83. The third-order valence-corrected chi connectivity index (χ3v) is 11.4. The lowest BCUT2D eigenvalue weighted by Gasteiger charge is -2.13. The number of nitrogens with zero attached hydrogens (tertiary/aromatic N) is 6. The van der Waals surface area contributed by atoms with Gasteiger partial charge in [0, 0.05) is 56.1 Å². The predicted molar refractivity (Wildman–Crippen MR) is 238 cm³/mol. The minimum atomic E-state index is 0.576. The van der Waals surface area contributed by atoms with E-state index in [9.17, 15) is 0 Å². The molecule has 0 spiro atoms. The second-order valence-electron chi connectivity index (χ2n) is 14.7. The van der Waals surface area contributed by atoms with Gasteiger partial charge in [0.25, 0.3) is 0 Å². The number of para-hydroxylation sites is 3. The minimum Gasteiger partial charge on any atom is -0.309 e. The molecule has 12 rings (SSSR count). The summed E-state index contributed by atoms with van der Waals surface area (Å²) >= 11 is 0. The van der Waals surface area contributed by atoms with E-state index in [1.807, 2.05) is 73.1 Å². The summed E-state index contributed by atoms with van der Waals surface area (Å²) in [7, 11) is 0. The molecule has 0 saturated carbocycles. The highest BCUT2D eigenvalue weighted by Gasteiger charge is 2.20. The van der Waals surface area contributed by atoms with Crippen LogP contribution in [-0.2, 0) is 0 Å². The van der Waals surface area contributed by atoms with Gasteiger partial charge in [-0.15, -0.1) is 0 Å². The standard InChI is InChI=1S/C52H32N6/c1-4-14-33(15-5-1)50-54-51(34-16-6-2-7-17-34)56-52(55-50)58-47-23-13-11-20-39(47)43-28-35(24-25-48(43)58)41-29-36-30-44-40-21-10-12-22-46(40)57(37-18-8-3-9-19-37)49(44)31-42(36)45-32-53-27-26-38(41)45/h1-32H. The molecule has 6 nitrogen and oxygen atoms in total. The topological polar surface area (TPSA) is 61.4 Å². The Balaban J connectivity index is 1.09. The van der Waals surface area contributed by atoms with Gasteiger partial charge in [-0.1, -0.05) is 121 Å². The summed E-state index contributed by atoms with van der Waals surface area (Å²) in [5, 5.41) is 9.34. The van der Waals surface area contributed by atoms with Crippen LogP contribution in [0.15, 0.2) is 194 Å². The molecule has 0 atom stereocenters. The molecule has 0 fully saturated rings. The summed E-state index contributed by atoms with van der Waals surface area (Å²) < 4.78 is 4.55. The van der Waals surface area contributed by atoms with Crippen molar-refractivity contribution in [2.45, 2.75) is 0 Å². The molecule has 0 aliphatic heterocycles. The maximum absolute atomic E-state index is 5.13. The lowest BCUT2D eigenvalue weighted by atomic mass is 9.93. The van der Waals surface area contributed by atoms with Gasteiger partial charge in [-0.05, 0) is 87.9 Å². The van der Waals surface area contributed by atoms with Crippen LogP contribution >= 0.6 is 0 Å². The minimum absolute atomic E-state index is 0.576. The van der Waals surface area contributed by atoms with Crippen LogP contribution in [0.3, 0.4) is 0 Å². The second-order valence-corrected chi connectivity index (χ2v) is 14.7. The third-order valence-electron chi connectivity index (χ3n) is 11.4. The van der Waals surface area contributed by atoms with Gasteiger partial charge in [0.15, 0.2) is 11.6 Å². The Morgan fingerprint density at radius 1 is 0.345 bits per heavy atom. The van der Waals surface area contributed by atoms with E-state index in [4.69, 9.17) is 15.0 Å². The van der Waals surface area contributed by atoms with Crippen molar-refractivity contribution >= 4 is 65.2 Å². The molecule has 270 valence electrons. The Bertz CT molecular complexity index is 3500. The summed E-state index contributed by atoms with van der Waals surface area (Å²) in [6.45, 7) is 0. The first-order valence-corrected chi connectivity index (χ1v) is 19.5. The van der Waals surface area contributed by atoms with Crippen molar-refractivity contribution in [2.24, 2.45) is 0 Å². The molecule has 4 aromatic heterocycles. The van der Waals surface area contributed by atoms with Crippen LogP contribution in [0.4, 0.5) is 0 Å². The molecular weight excluding hydrogens is 709 g/mol. The molecule has 0 N–H and O–H groups in total. The smallest absolute Gasteiger partial charge is 0.238 e. The van der Waals surface area contributed by atoms with E-state index in [1.54, 1.807) is 0 Å².